The number of nitrogens with zero attached hydrogens (tertiary/aromatic N) is 5. The third kappa shape index (κ3) is 3.03. The number of hydrogen-bond acceptors (Lipinski definition) is 5. The number of anilines is 1. The Bertz CT molecular complexity index is 807. The summed E-state index contributed by atoms with van der Waals surface area (Å²) >= 11 is 0. The van der Waals surface area contributed by atoms with Gasteiger partial charge in [-0.2, -0.15) is 15.3 Å². The third-order valence-corrected chi connectivity index (χ3v) is 2.97. The average Bonchev–Trinajstić information content (AvgIpc) is 3.02. The molecule has 0 unspecified atom stereocenters. The summed E-state index contributed by atoms with van der Waals surface area (Å²) in [5.74, 6) is -0.511. The van der Waals surface area contributed by atoms with Crippen molar-refractivity contribution in [2.75, 3.05) is 5.32 Å². The van der Waals surface area contributed by atoms with Crippen molar-refractivity contribution in [1.29, 1.82) is 0 Å². The summed E-state index contributed by atoms with van der Waals surface area (Å²) in [5, 5.41) is 13.5. The normalized spacial score (nSPS) is 10.7. The van der Waals surface area contributed by atoms with Gasteiger partial charge in [-0.25, -0.2) is 18.4 Å². The molecule has 1 N–H and O–H groups in total. The Morgan fingerprint density at radius 2 is 2.00 bits per heavy atom. The molecule has 1 amide bonds. The van der Waals surface area contributed by atoms with Crippen LogP contribution in [0.3, 0.4) is 0 Å². The molecule has 3 aromatic heterocycles. The van der Waals surface area contributed by atoms with Crippen LogP contribution in [0.4, 0.5) is 14.5 Å². The largest absolute Gasteiger partial charge is 0.320 e. The lowest BCUT2D eigenvalue weighted by Gasteiger charge is -2.08. The van der Waals surface area contributed by atoms with Crippen molar-refractivity contribution in [3.63, 3.8) is 0 Å². The first kappa shape index (κ1) is 14.7. The van der Waals surface area contributed by atoms with Gasteiger partial charge in [0, 0.05) is 6.20 Å². The van der Waals surface area contributed by atoms with Crippen LogP contribution >= 0.6 is 0 Å². The molecular weight excluding hydrogens is 306 g/mol. The van der Waals surface area contributed by atoms with Crippen LogP contribution in [0.15, 0.2) is 49.1 Å². The number of nitrogens with one attached hydrogen (secondary N) is 1. The second kappa shape index (κ2) is 6.26. The van der Waals surface area contributed by atoms with E-state index in [2.05, 4.69) is 25.6 Å². The van der Waals surface area contributed by atoms with Crippen molar-refractivity contribution < 1.29 is 13.6 Å². The van der Waals surface area contributed by atoms with E-state index >= 15 is 0 Å². The van der Waals surface area contributed by atoms with E-state index in [0.717, 1.165) is 10.9 Å². The summed E-state index contributed by atoms with van der Waals surface area (Å²) in [4.78, 5) is 16.2. The predicted octanol–water partition coefficient (Wildman–Crippen LogP) is 2.25. The van der Waals surface area contributed by atoms with Crippen LogP contribution in [0.25, 0.3) is 5.82 Å². The number of aromatic nitrogens is 5. The quantitative estimate of drug-likeness (QED) is 0.798. The first-order valence-corrected chi connectivity index (χ1v) is 6.52. The van der Waals surface area contributed by atoms with Gasteiger partial charge in [-0.05, 0) is 18.2 Å². The van der Waals surface area contributed by atoms with Gasteiger partial charge in [0.05, 0.1) is 29.8 Å². The number of pyridine rings is 1. The molecule has 0 aromatic carbocycles. The molecular formula is C14H10F2N6O. The molecule has 7 nitrogen and oxygen atoms in total. The van der Waals surface area contributed by atoms with Crippen LogP contribution in [0.5, 0.6) is 0 Å². The highest BCUT2D eigenvalue weighted by Crippen LogP contribution is 2.25. The minimum absolute atomic E-state index is 0.201. The molecule has 0 saturated heterocycles. The van der Waals surface area contributed by atoms with Gasteiger partial charge in [0.2, 0.25) is 0 Å². The maximum absolute atomic E-state index is 13.4. The Morgan fingerprint density at radius 3 is 2.65 bits per heavy atom. The average molecular weight is 316 g/mol. The Balaban J connectivity index is 1.97. The zero-order chi connectivity index (χ0) is 16.2. The molecule has 9 heteroatoms. The first-order valence-electron chi connectivity index (χ1n) is 6.52. The maximum Gasteiger partial charge on any atom is 0.281 e. The van der Waals surface area contributed by atoms with E-state index in [1.807, 2.05) is 0 Å². The third-order valence-electron chi connectivity index (χ3n) is 2.97. The molecule has 0 saturated carbocycles. The van der Waals surface area contributed by atoms with Crippen molar-refractivity contribution in [2.24, 2.45) is 0 Å². The second-order valence-electron chi connectivity index (χ2n) is 4.43. The monoisotopic (exact) mass is 316 g/mol. The van der Waals surface area contributed by atoms with E-state index in [9.17, 15) is 13.6 Å². The summed E-state index contributed by atoms with van der Waals surface area (Å²) in [6.07, 6.45) is 2.33. The van der Waals surface area contributed by atoms with Crippen molar-refractivity contribution in [3.05, 3.63) is 60.3 Å². The van der Waals surface area contributed by atoms with Gasteiger partial charge in [0.15, 0.2) is 5.82 Å². The number of rotatable bonds is 4. The molecule has 0 atom stereocenters. The minimum Gasteiger partial charge on any atom is -0.320 e. The van der Waals surface area contributed by atoms with Crippen LogP contribution in [0.1, 0.15) is 22.5 Å². The number of carbonyl (C=O) groups is 1. The first-order chi connectivity index (χ1) is 11.2. The number of hydrogen-bond donors (Lipinski definition) is 1. The highest BCUT2D eigenvalue weighted by molar-refractivity contribution is 6.05. The Morgan fingerprint density at radius 1 is 1.13 bits per heavy atom. The molecule has 0 spiro atoms. The van der Waals surface area contributed by atoms with E-state index in [4.69, 9.17) is 0 Å². The lowest BCUT2D eigenvalue weighted by Crippen LogP contribution is -2.15. The van der Waals surface area contributed by atoms with Gasteiger partial charge >= 0.3 is 0 Å². The van der Waals surface area contributed by atoms with Crippen LogP contribution in [0, 0.1) is 0 Å². The summed E-state index contributed by atoms with van der Waals surface area (Å²) in [6, 6.07) is 6.31. The molecule has 23 heavy (non-hydrogen) atoms. The Labute approximate surface area is 129 Å². The topological polar surface area (TPSA) is 85.6 Å². The van der Waals surface area contributed by atoms with Gasteiger partial charge in [-0.3, -0.25) is 4.79 Å². The smallest absolute Gasteiger partial charge is 0.281 e. The van der Waals surface area contributed by atoms with E-state index in [0.29, 0.717) is 5.69 Å². The zero-order valence-corrected chi connectivity index (χ0v) is 11.6. The second-order valence-corrected chi connectivity index (χ2v) is 4.43. The van der Waals surface area contributed by atoms with Gasteiger partial charge in [-0.15, -0.1) is 0 Å². The van der Waals surface area contributed by atoms with E-state index in [-0.39, 0.29) is 11.4 Å². The molecule has 0 radical (unpaired) electrons. The fraction of sp³-hybridized carbons (Fsp3) is 0.0714. The summed E-state index contributed by atoms with van der Waals surface area (Å²) in [7, 11) is 0. The molecule has 0 fully saturated rings. The maximum atomic E-state index is 13.4. The van der Waals surface area contributed by atoms with Crippen molar-refractivity contribution in [3.8, 4) is 5.82 Å². The van der Waals surface area contributed by atoms with Gasteiger partial charge in [-0.1, -0.05) is 6.07 Å². The number of halogens is 2. The lowest BCUT2D eigenvalue weighted by atomic mass is 10.2. The molecule has 3 rings (SSSR count). The van der Waals surface area contributed by atoms with Gasteiger partial charge in [0.25, 0.3) is 12.3 Å². The van der Waals surface area contributed by atoms with E-state index in [1.165, 1.54) is 30.7 Å². The molecule has 0 aliphatic rings. The van der Waals surface area contributed by atoms with Crippen molar-refractivity contribution >= 4 is 11.6 Å². The predicted molar refractivity (Wildman–Crippen MR) is 76.3 cm³/mol. The molecule has 0 bridgehead atoms. The van der Waals surface area contributed by atoms with Crippen LogP contribution in [-0.4, -0.2) is 30.9 Å². The van der Waals surface area contributed by atoms with Gasteiger partial charge < -0.3 is 5.32 Å². The van der Waals surface area contributed by atoms with E-state index in [1.54, 1.807) is 12.1 Å². The van der Waals surface area contributed by atoms with Crippen LogP contribution in [0.2, 0.25) is 0 Å². The van der Waals surface area contributed by atoms with Crippen LogP contribution in [-0.2, 0) is 0 Å². The zero-order valence-electron chi connectivity index (χ0n) is 11.6. The Hall–Kier alpha value is -3.23. The fourth-order valence-electron chi connectivity index (χ4n) is 1.97. The highest BCUT2D eigenvalue weighted by Gasteiger charge is 2.25. The van der Waals surface area contributed by atoms with Crippen molar-refractivity contribution in [1.82, 2.24) is 25.0 Å². The molecule has 116 valence electrons. The summed E-state index contributed by atoms with van der Waals surface area (Å²) in [6.45, 7) is 0. The SMILES string of the molecule is O=C(Nc1ccnnc1)c1cnn(-c2ccccn2)c1C(F)F. The standard InChI is InChI=1S/C14H10F2N6O/c15-13(16)12-10(14(23)21-9-4-6-18-19-7-9)8-20-22(12)11-3-1-2-5-17-11/h1-8,13H,(H,18,21,23). The fourth-order valence-corrected chi connectivity index (χ4v) is 1.97. The number of carbonyl (C=O) groups excluding carboxylic acids is 1. The van der Waals surface area contributed by atoms with Crippen LogP contribution < -0.4 is 5.32 Å². The van der Waals surface area contributed by atoms with E-state index < -0.39 is 18.0 Å². The number of amides is 1. The number of alkyl halides is 2. The Kier molecular flexibility index (Phi) is 4.00. The van der Waals surface area contributed by atoms with Crippen molar-refractivity contribution in [2.45, 2.75) is 6.43 Å². The summed E-state index contributed by atoms with van der Waals surface area (Å²) < 4.78 is 27.8. The molecule has 3 aromatic rings. The minimum atomic E-state index is -2.89. The molecule has 3 heterocycles. The molecule has 0 aliphatic heterocycles. The molecule has 0 aliphatic carbocycles. The highest BCUT2D eigenvalue weighted by atomic mass is 19.3. The van der Waals surface area contributed by atoms with Gasteiger partial charge in [0.1, 0.15) is 5.69 Å². The summed E-state index contributed by atoms with van der Waals surface area (Å²) in [5.41, 5.74) is -0.415. The lowest BCUT2D eigenvalue weighted by molar-refractivity contribution is 0.100.